The lowest BCUT2D eigenvalue weighted by molar-refractivity contribution is -0.117. The molecule has 0 radical (unpaired) electrons. The molecule has 0 saturated carbocycles. The van der Waals surface area contributed by atoms with Gasteiger partial charge in [0.25, 0.3) is 0 Å². The topological polar surface area (TPSA) is 89.6 Å². The molecule has 10 heteroatoms. The first-order valence-electron chi connectivity index (χ1n) is 8.00. The van der Waals surface area contributed by atoms with Crippen LogP contribution in [0.4, 0.5) is 14.6 Å². The third-order valence-corrected chi connectivity index (χ3v) is 4.31. The van der Waals surface area contributed by atoms with E-state index in [1.54, 1.807) is 20.8 Å². The Kier molecular flexibility index (Phi) is 5.09. The average molecular weight is 361 g/mol. The van der Waals surface area contributed by atoms with Crippen molar-refractivity contribution in [2.45, 2.75) is 19.5 Å². The molecule has 26 heavy (non-hydrogen) atoms. The molecule has 1 atom stereocenters. The lowest BCUT2D eigenvalue weighted by Crippen LogP contribution is -2.43. The van der Waals surface area contributed by atoms with Crippen LogP contribution in [0.2, 0.25) is 0 Å². The zero-order chi connectivity index (χ0) is 18.7. The van der Waals surface area contributed by atoms with Gasteiger partial charge in [0.15, 0.2) is 0 Å². The Bertz CT molecular complexity index is 823. The number of hydrogen-bond donors (Lipinski definition) is 1. The van der Waals surface area contributed by atoms with E-state index < -0.39 is 5.97 Å². The zero-order valence-electron chi connectivity index (χ0n) is 13.9. The summed E-state index contributed by atoms with van der Waals surface area (Å²) in [7, 11) is 0. The van der Waals surface area contributed by atoms with Crippen LogP contribution in [0, 0.1) is 17.2 Å². The van der Waals surface area contributed by atoms with Crippen LogP contribution in [0.1, 0.15) is 12.1 Å². The first-order chi connectivity index (χ1) is 12.5. The number of rotatable bonds is 5. The molecule has 0 spiro atoms. The van der Waals surface area contributed by atoms with Crippen molar-refractivity contribution in [2.75, 3.05) is 18.0 Å². The van der Waals surface area contributed by atoms with E-state index in [0.717, 1.165) is 11.8 Å². The second-order valence-corrected chi connectivity index (χ2v) is 5.98. The van der Waals surface area contributed by atoms with Crippen LogP contribution < -0.4 is 10.3 Å². The fraction of sp³-hybridized carbons (Fsp3) is 0.375. The standard InChI is InChI=1S/C16H17F2N7O/c1-2-12(6-15(17)21-18)22-23-3-4-25-14(10-23)13(8-20-25)24-9-11(7-19)5-16(24)26/h2,6,8,11,22H,1,3-5,9-10H2/b12-6+,21-15?. The smallest absolute Gasteiger partial charge is 0.245 e. The van der Waals surface area contributed by atoms with E-state index in [1.807, 2.05) is 5.21 Å². The van der Waals surface area contributed by atoms with Crippen molar-refractivity contribution in [1.29, 1.82) is 5.26 Å². The maximum absolute atomic E-state index is 13.0. The molecule has 136 valence electrons. The van der Waals surface area contributed by atoms with Crippen LogP contribution in [0.15, 0.2) is 35.8 Å². The Morgan fingerprint density at radius 1 is 1.54 bits per heavy atom. The highest BCUT2D eigenvalue weighted by Gasteiger charge is 2.34. The van der Waals surface area contributed by atoms with Gasteiger partial charge in [-0.25, -0.2) is 5.01 Å². The Labute approximate surface area is 148 Å². The molecule has 1 fully saturated rings. The Morgan fingerprint density at radius 3 is 3.00 bits per heavy atom. The predicted molar refractivity (Wildman–Crippen MR) is 89.8 cm³/mol. The Balaban J connectivity index is 1.77. The minimum Gasteiger partial charge on any atom is -0.318 e. The number of fused-ring (bicyclic) bond motifs is 1. The second-order valence-electron chi connectivity index (χ2n) is 5.98. The van der Waals surface area contributed by atoms with Crippen molar-refractivity contribution in [3.63, 3.8) is 0 Å². The van der Waals surface area contributed by atoms with Crippen LogP contribution in [0.3, 0.4) is 0 Å². The highest BCUT2D eigenvalue weighted by atomic mass is 19.2. The SMILES string of the molecule is C=C/C(=C\C(F)=NF)NN1CCn2ncc(N3CC(C#N)CC3=O)c2C1. The van der Waals surface area contributed by atoms with Gasteiger partial charge in [0.2, 0.25) is 11.9 Å². The molecule has 1 amide bonds. The number of hydrogen-bond acceptors (Lipinski definition) is 6. The third kappa shape index (κ3) is 3.48. The maximum Gasteiger partial charge on any atom is 0.245 e. The molecule has 0 aliphatic carbocycles. The maximum atomic E-state index is 13.0. The van der Waals surface area contributed by atoms with Gasteiger partial charge in [0, 0.05) is 25.6 Å². The fourth-order valence-electron chi connectivity index (χ4n) is 3.05. The quantitative estimate of drug-likeness (QED) is 0.633. The second kappa shape index (κ2) is 7.45. The number of nitriles is 1. The average Bonchev–Trinajstić information content (AvgIpc) is 3.23. The number of carbonyl (C=O) groups excluding carboxylic acids is 1. The summed E-state index contributed by atoms with van der Waals surface area (Å²) in [6, 6.07) is 2.12. The molecule has 8 nitrogen and oxygen atoms in total. The number of anilines is 1. The van der Waals surface area contributed by atoms with E-state index >= 15 is 0 Å². The zero-order valence-corrected chi connectivity index (χ0v) is 13.9. The summed E-state index contributed by atoms with van der Waals surface area (Å²) in [5.74, 6) is -1.69. The molecular formula is C16H17F2N7O. The van der Waals surface area contributed by atoms with Crippen LogP contribution in [-0.2, 0) is 17.9 Å². The van der Waals surface area contributed by atoms with E-state index in [1.165, 1.54) is 6.08 Å². The van der Waals surface area contributed by atoms with E-state index in [0.29, 0.717) is 31.9 Å². The summed E-state index contributed by atoms with van der Waals surface area (Å²) in [5, 5.41) is 17.1. The van der Waals surface area contributed by atoms with Crippen molar-refractivity contribution in [1.82, 2.24) is 20.2 Å². The molecule has 1 aromatic heterocycles. The summed E-state index contributed by atoms with van der Waals surface area (Å²) >= 11 is 0. The van der Waals surface area contributed by atoms with Gasteiger partial charge in [-0.15, -0.1) is 0 Å². The van der Waals surface area contributed by atoms with Gasteiger partial charge in [-0.1, -0.05) is 16.3 Å². The molecule has 0 bridgehead atoms. The van der Waals surface area contributed by atoms with Gasteiger partial charge in [0.05, 0.1) is 48.4 Å². The summed E-state index contributed by atoms with van der Waals surface area (Å²) in [4.78, 5) is 13.8. The van der Waals surface area contributed by atoms with Crippen LogP contribution >= 0.6 is 0 Å². The molecule has 1 aromatic rings. The fourth-order valence-corrected chi connectivity index (χ4v) is 3.05. The molecule has 3 heterocycles. The molecule has 1 N–H and O–H groups in total. The van der Waals surface area contributed by atoms with Gasteiger partial charge < -0.3 is 10.3 Å². The first-order valence-corrected chi connectivity index (χ1v) is 8.00. The van der Waals surface area contributed by atoms with Crippen molar-refractivity contribution >= 4 is 17.6 Å². The van der Waals surface area contributed by atoms with E-state index in [2.05, 4.69) is 23.2 Å². The molecule has 2 aliphatic heterocycles. The van der Waals surface area contributed by atoms with E-state index in [-0.39, 0.29) is 23.9 Å². The minimum atomic E-state index is -1.26. The van der Waals surface area contributed by atoms with Gasteiger partial charge >= 0.3 is 0 Å². The Hall–Kier alpha value is -3.06. The highest BCUT2D eigenvalue weighted by molar-refractivity contribution is 5.96. The van der Waals surface area contributed by atoms with E-state index in [4.69, 9.17) is 5.26 Å². The minimum absolute atomic E-state index is 0.106. The van der Waals surface area contributed by atoms with Crippen molar-refractivity contribution in [3.8, 4) is 6.07 Å². The number of carbonyl (C=O) groups is 1. The van der Waals surface area contributed by atoms with Gasteiger partial charge in [-0.3, -0.25) is 9.48 Å². The Morgan fingerprint density at radius 2 is 2.35 bits per heavy atom. The first kappa shape index (κ1) is 17.8. The molecule has 1 unspecified atom stereocenters. The number of allylic oxidation sites excluding steroid dienone is 2. The van der Waals surface area contributed by atoms with Crippen LogP contribution in [0.25, 0.3) is 0 Å². The molecule has 2 aliphatic rings. The normalized spacial score (nSPS) is 21.5. The summed E-state index contributed by atoms with van der Waals surface area (Å²) in [6.07, 6.45) is 4.06. The van der Waals surface area contributed by atoms with Gasteiger partial charge in [-0.05, 0) is 6.08 Å². The van der Waals surface area contributed by atoms with Crippen molar-refractivity contribution < 1.29 is 13.7 Å². The monoisotopic (exact) mass is 361 g/mol. The number of nitrogens with one attached hydrogen (secondary N) is 1. The van der Waals surface area contributed by atoms with Crippen molar-refractivity contribution in [2.24, 2.45) is 11.1 Å². The lowest BCUT2D eigenvalue weighted by Gasteiger charge is -2.30. The summed E-state index contributed by atoms with van der Waals surface area (Å²) in [6.45, 7) is 5.39. The number of aromatic nitrogens is 2. The largest absolute Gasteiger partial charge is 0.318 e. The van der Waals surface area contributed by atoms with Crippen LogP contribution in [-0.4, -0.2) is 39.8 Å². The molecule has 3 rings (SSSR count). The predicted octanol–water partition coefficient (Wildman–Crippen LogP) is 1.40. The number of amides is 1. The van der Waals surface area contributed by atoms with E-state index in [9.17, 15) is 13.7 Å². The van der Waals surface area contributed by atoms with Crippen molar-refractivity contribution in [3.05, 3.63) is 36.3 Å². The summed E-state index contributed by atoms with van der Waals surface area (Å²) in [5.41, 5.74) is 4.66. The van der Waals surface area contributed by atoms with Crippen LogP contribution in [0.5, 0.6) is 0 Å². The number of nitrogens with zero attached hydrogens (tertiary/aromatic N) is 6. The third-order valence-electron chi connectivity index (χ3n) is 4.31. The van der Waals surface area contributed by atoms with Gasteiger partial charge in [-0.2, -0.15) is 14.8 Å². The van der Waals surface area contributed by atoms with Gasteiger partial charge in [0.1, 0.15) is 0 Å². The highest BCUT2D eigenvalue weighted by Crippen LogP contribution is 2.29. The molecular weight excluding hydrogens is 344 g/mol. The molecule has 1 saturated heterocycles. The molecule has 0 aromatic carbocycles. The number of hydrazine groups is 1. The number of halogens is 2. The summed E-state index contributed by atoms with van der Waals surface area (Å²) < 4.78 is 26.8. The lowest BCUT2D eigenvalue weighted by atomic mass is 10.1.